The van der Waals surface area contributed by atoms with Gasteiger partial charge >= 0.3 is 0 Å². The summed E-state index contributed by atoms with van der Waals surface area (Å²) in [5.74, 6) is 2.47. The van der Waals surface area contributed by atoms with Gasteiger partial charge in [0.25, 0.3) is 0 Å². The normalized spacial score (nSPS) is 32.2. The van der Waals surface area contributed by atoms with E-state index in [1.54, 1.807) is 0 Å². The smallest absolute Gasteiger partial charge is 0.0735 e. The maximum absolute atomic E-state index is 10.6. The molecule has 0 heterocycles. The molecule has 3 heteroatoms. The Morgan fingerprint density at radius 1 is 0.750 bits per heavy atom. The maximum Gasteiger partial charge on any atom is 0.0735 e. The molecule has 0 radical (unpaired) electrons. The van der Waals surface area contributed by atoms with Gasteiger partial charge in [-0.1, -0.05) is 57.8 Å². The summed E-state index contributed by atoms with van der Waals surface area (Å²) in [6, 6.07) is 0. The van der Waals surface area contributed by atoms with Crippen LogP contribution in [0.25, 0.3) is 0 Å². The Kier molecular flexibility index (Phi) is 10.5. The molecule has 1 fully saturated rings. The SMILES string of the molecule is OC1(CS)CCCCCCCCC(CS)CCCCC1. The Morgan fingerprint density at radius 2 is 1.20 bits per heavy atom. The van der Waals surface area contributed by atoms with E-state index in [9.17, 15) is 5.11 Å². The van der Waals surface area contributed by atoms with Crippen LogP contribution < -0.4 is 0 Å². The molecule has 0 saturated heterocycles. The number of hydrogen-bond donors (Lipinski definition) is 3. The van der Waals surface area contributed by atoms with Crippen LogP contribution in [-0.4, -0.2) is 22.2 Å². The molecule has 1 rings (SSSR count). The van der Waals surface area contributed by atoms with E-state index in [-0.39, 0.29) is 0 Å². The molecule has 0 amide bonds. The largest absolute Gasteiger partial charge is 0.389 e. The molecule has 0 aromatic carbocycles. The van der Waals surface area contributed by atoms with E-state index in [2.05, 4.69) is 25.3 Å². The molecule has 0 aliphatic heterocycles. The monoisotopic (exact) mass is 318 g/mol. The summed E-state index contributed by atoms with van der Waals surface area (Å²) < 4.78 is 0. The predicted octanol–water partition coefficient (Wildman–Crippen LogP) is 5.28. The molecule has 20 heavy (non-hydrogen) atoms. The Hall–Kier alpha value is 0.660. The lowest BCUT2D eigenvalue weighted by atomic mass is 9.91. The quantitative estimate of drug-likeness (QED) is 0.592. The van der Waals surface area contributed by atoms with Crippen LogP contribution in [0, 0.1) is 5.92 Å². The van der Waals surface area contributed by atoms with Gasteiger partial charge in [0.2, 0.25) is 0 Å². The summed E-state index contributed by atoms with van der Waals surface area (Å²) in [5, 5.41) is 10.6. The van der Waals surface area contributed by atoms with Gasteiger partial charge in [0.1, 0.15) is 0 Å². The highest BCUT2D eigenvalue weighted by atomic mass is 32.1. The van der Waals surface area contributed by atoms with E-state index < -0.39 is 5.60 Å². The molecule has 2 atom stereocenters. The average molecular weight is 319 g/mol. The second-order valence-electron chi connectivity index (χ2n) is 6.69. The molecule has 120 valence electrons. The van der Waals surface area contributed by atoms with Crippen molar-refractivity contribution in [2.45, 2.75) is 89.1 Å². The highest BCUT2D eigenvalue weighted by Gasteiger charge is 2.23. The molecular weight excluding hydrogens is 284 g/mol. The predicted molar refractivity (Wildman–Crippen MR) is 96.2 cm³/mol. The molecule has 0 spiro atoms. The van der Waals surface area contributed by atoms with Gasteiger partial charge in [-0.25, -0.2) is 0 Å². The lowest BCUT2D eigenvalue weighted by Gasteiger charge is -2.26. The third kappa shape index (κ3) is 8.19. The van der Waals surface area contributed by atoms with Crippen LogP contribution in [-0.2, 0) is 0 Å². The van der Waals surface area contributed by atoms with Crippen LogP contribution in [0.5, 0.6) is 0 Å². The number of rotatable bonds is 2. The minimum atomic E-state index is -0.508. The summed E-state index contributed by atoms with van der Waals surface area (Å²) >= 11 is 8.87. The van der Waals surface area contributed by atoms with Crippen molar-refractivity contribution in [3.8, 4) is 0 Å². The number of aliphatic hydroxyl groups is 1. The van der Waals surface area contributed by atoms with Crippen LogP contribution >= 0.6 is 25.3 Å². The summed E-state index contributed by atoms with van der Waals surface area (Å²) in [7, 11) is 0. The minimum Gasteiger partial charge on any atom is -0.389 e. The Balaban J connectivity index is 2.39. The first-order valence-electron chi connectivity index (χ1n) is 8.64. The van der Waals surface area contributed by atoms with Crippen molar-refractivity contribution in [2.24, 2.45) is 5.92 Å². The lowest BCUT2D eigenvalue weighted by molar-refractivity contribution is 0.0418. The van der Waals surface area contributed by atoms with Crippen molar-refractivity contribution < 1.29 is 5.11 Å². The lowest BCUT2D eigenvalue weighted by Crippen LogP contribution is -2.30. The summed E-state index contributed by atoms with van der Waals surface area (Å²) in [4.78, 5) is 0. The molecule has 2 unspecified atom stereocenters. The first-order chi connectivity index (χ1) is 9.70. The molecule has 0 aromatic heterocycles. The zero-order chi connectivity index (χ0) is 14.7. The van der Waals surface area contributed by atoms with Crippen molar-refractivity contribution in [2.75, 3.05) is 11.5 Å². The van der Waals surface area contributed by atoms with Crippen LogP contribution in [0.2, 0.25) is 0 Å². The van der Waals surface area contributed by atoms with Crippen molar-refractivity contribution in [3.63, 3.8) is 0 Å². The van der Waals surface area contributed by atoms with Crippen molar-refractivity contribution in [1.82, 2.24) is 0 Å². The zero-order valence-electron chi connectivity index (χ0n) is 13.0. The van der Waals surface area contributed by atoms with Crippen molar-refractivity contribution >= 4 is 25.3 Å². The second-order valence-corrected chi connectivity index (χ2v) is 7.37. The zero-order valence-corrected chi connectivity index (χ0v) is 14.8. The van der Waals surface area contributed by atoms with Crippen LogP contribution in [0.3, 0.4) is 0 Å². The summed E-state index contributed by atoms with van der Waals surface area (Å²) in [5.41, 5.74) is -0.508. The first kappa shape index (κ1) is 18.7. The minimum absolute atomic E-state index is 0.508. The van der Waals surface area contributed by atoms with Gasteiger partial charge in [-0.3, -0.25) is 0 Å². The van der Waals surface area contributed by atoms with Crippen molar-refractivity contribution in [3.05, 3.63) is 0 Å². The highest BCUT2D eigenvalue weighted by Crippen LogP contribution is 2.26. The van der Waals surface area contributed by atoms with Gasteiger partial charge in [0, 0.05) is 5.75 Å². The van der Waals surface area contributed by atoms with Crippen LogP contribution in [0.15, 0.2) is 0 Å². The summed E-state index contributed by atoms with van der Waals surface area (Å²) in [6.45, 7) is 0. The number of hydrogen-bond acceptors (Lipinski definition) is 3. The fourth-order valence-electron chi connectivity index (χ4n) is 3.27. The van der Waals surface area contributed by atoms with E-state index in [1.807, 2.05) is 0 Å². The summed E-state index contributed by atoms with van der Waals surface area (Å²) in [6.07, 6.45) is 16.1. The van der Waals surface area contributed by atoms with E-state index in [0.29, 0.717) is 5.75 Å². The standard InChI is InChI=1S/C17H34OS2/c18-17(15-20)12-8-4-2-1-3-6-10-16(14-19)11-7-5-9-13-17/h16,18-20H,1-15H2. The molecule has 1 nitrogen and oxygen atoms in total. The molecule has 1 aliphatic carbocycles. The van der Waals surface area contributed by atoms with Crippen LogP contribution in [0.4, 0.5) is 0 Å². The van der Waals surface area contributed by atoms with E-state index >= 15 is 0 Å². The van der Waals surface area contributed by atoms with E-state index in [4.69, 9.17) is 0 Å². The fourth-order valence-corrected chi connectivity index (χ4v) is 3.95. The number of thiol groups is 2. The molecule has 1 aliphatic rings. The highest BCUT2D eigenvalue weighted by molar-refractivity contribution is 7.80. The molecular formula is C17H34OS2. The molecule has 1 saturated carbocycles. The Labute approximate surface area is 137 Å². The van der Waals surface area contributed by atoms with E-state index in [0.717, 1.165) is 37.4 Å². The van der Waals surface area contributed by atoms with Gasteiger partial charge < -0.3 is 5.11 Å². The average Bonchev–Trinajstić information content (AvgIpc) is 2.47. The maximum atomic E-state index is 10.6. The molecule has 0 bridgehead atoms. The van der Waals surface area contributed by atoms with E-state index in [1.165, 1.54) is 57.8 Å². The van der Waals surface area contributed by atoms with Gasteiger partial charge in [-0.15, -0.1) is 0 Å². The molecule has 1 N–H and O–H groups in total. The van der Waals surface area contributed by atoms with Crippen molar-refractivity contribution in [1.29, 1.82) is 0 Å². The Morgan fingerprint density at radius 3 is 1.70 bits per heavy atom. The third-order valence-electron chi connectivity index (χ3n) is 4.81. The van der Waals surface area contributed by atoms with Gasteiger partial charge in [0.05, 0.1) is 5.60 Å². The van der Waals surface area contributed by atoms with Gasteiger partial charge in [-0.05, 0) is 37.4 Å². The first-order valence-corrected chi connectivity index (χ1v) is 9.91. The fraction of sp³-hybridized carbons (Fsp3) is 1.00. The third-order valence-corrected chi connectivity index (χ3v) is 5.92. The Bertz CT molecular complexity index is 235. The van der Waals surface area contributed by atoms with Gasteiger partial charge in [0.15, 0.2) is 0 Å². The van der Waals surface area contributed by atoms with Gasteiger partial charge in [-0.2, -0.15) is 25.3 Å². The van der Waals surface area contributed by atoms with Crippen LogP contribution in [0.1, 0.15) is 83.5 Å². The second kappa shape index (κ2) is 11.3. The molecule has 0 aromatic rings. The topological polar surface area (TPSA) is 20.2 Å².